The average molecular weight is 375 g/mol. The maximum atomic E-state index is 14.4. The Morgan fingerprint density at radius 2 is 2.38 bits per heavy atom. The molecule has 2 heterocycles. The van der Waals surface area contributed by atoms with Crippen LogP contribution in [0.15, 0.2) is 22.7 Å². The Balaban J connectivity index is 1.84. The smallest absolute Gasteiger partial charge is 0.142 e. The van der Waals surface area contributed by atoms with E-state index in [4.69, 9.17) is 10.6 Å². The quantitative estimate of drug-likeness (QED) is 0.628. The SMILES string of the molecule is NNC(c1cccc(Br)c1F)C1CCOC2(CCSC2)C1. The molecule has 3 atom stereocenters. The summed E-state index contributed by atoms with van der Waals surface area (Å²) in [6.07, 6.45) is 2.94. The Kier molecular flexibility index (Phi) is 4.90. The fraction of sp³-hybridized carbons (Fsp3) is 0.600. The van der Waals surface area contributed by atoms with Crippen molar-refractivity contribution in [3.8, 4) is 0 Å². The van der Waals surface area contributed by atoms with Gasteiger partial charge in [0, 0.05) is 17.9 Å². The molecule has 2 aliphatic rings. The van der Waals surface area contributed by atoms with Crippen LogP contribution in [0.4, 0.5) is 4.39 Å². The molecule has 0 aliphatic carbocycles. The minimum atomic E-state index is -0.221. The number of nitrogens with two attached hydrogens (primary N) is 1. The van der Waals surface area contributed by atoms with Gasteiger partial charge in [-0.05, 0) is 52.9 Å². The van der Waals surface area contributed by atoms with E-state index in [0.717, 1.165) is 37.4 Å². The van der Waals surface area contributed by atoms with Crippen LogP contribution in [0.1, 0.15) is 30.9 Å². The Hall–Kier alpha value is -0.140. The molecule has 3 unspecified atom stereocenters. The Bertz CT molecular complexity index is 510. The molecule has 2 aliphatic heterocycles. The van der Waals surface area contributed by atoms with Gasteiger partial charge in [0.05, 0.1) is 16.1 Å². The zero-order chi connectivity index (χ0) is 14.9. The van der Waals surface area contributed by atoms with Crippen LogP contribution in [0.25, 0.3) is 0 Å². The number of halogens is 2. The van der Waals surface area contributed by atoms with Gasteiger partial charge in [-0.15, -0.1) is 0 Å². The van der Waals surface area contributed by atoms with Crippen molar-refractivity contribution in [2.45, 2.75) is 30.9 Å². The fourth-order valence-corrected chi connectivity index (χ4v) is 5.21. The average Bonchev–Trinajstić information content (AvgIpc) is 2.92. The molecular weight excluding hydrogens is 355 g/mol. The molecule has 0 amide bonds. The normalized spacial score (nSPS) is 30.7. The van der Waals surface area contributed by atoms with E-state index in [2.05, 4.69) is 21.4 Å². The molecule has 3 rings (SSSR count). The van der Waals surface area contributed by atoms with Gasteiger partial charge in [0.15, 0.2) is 0 Å². The molecule has 1 spiro atoms. The molecule has 0 radical (unpaired) electrons. The highest BCUT2D eigenvalue weighted by molar-refractivity contribution is 9.10. The summed E-state index contributed by atoms with van der Waals surface area (Å²) < 4.78 is 20.9. The highest BCUT2D eigenvalue weighted by atomic mass is 79.9. The predicted octanol–water partition coefficient (Wildman–Crippen LogP) is 3.39. The van der Waals surface area contributed by atoms with Crippen LogP contribution in [-0.2, 0) is 4.74 Å². The maximum absolute atomic E-state index is 14.4. The Morgan fingerprint density at radius 1 is 1.52 bits per heavy atom. The van der Waals surface area contributed by atoms with Crippen LogP contribution in [0.2, 0.25) is 0 Å². The third kappa shape index (κ3) is 3.15. The van der Waals surface area contributed by atoms with Gasteiger partial charge < -0.3 is 4.74 Å². The first kappa shape index (κ1) is 15.7. The lowest BCUT2D eigenvalue weighted by Gasteiger charge is -2.41. The van der Waals surface area contributed by atoms with Crippen LogP contribution >= 0.6 is 27.7 Å². The minimum absolute atomic E-state index is 0.0226. The first-order chi connectivity index (χ1) is 10.2. The summed E-state index contributed by atoms with van der Waals surface area (Å²) in [7, 11) is 0. The van der Waals surface area contributed by atoms with E-state index in [1.807, 2.05) is 23.9 Å². The standard InChI is InChI=1S/C15H20BrFN2OS/c16-12-3-1-2-11(13(12)17)14(19-18)10-4-6-20-15(8-10)5-7-21-9-15/h1-3,10,14,19H,4-9,18H2. The molecule has 3 N–H and O–H groups in total. The first-order valence-electron chi connectivity index (χ1n) is 7.27. The molecule has 0 aromatic heterocycles. The number of rotatable bonds is 3. The molecule has 0 bridgehead atoms. The number of hydrazine groups is 1. The Morgan fingerprint density at radius 3 is 3.10 bits per heavy atom. The summed E-state index contributed by atoms with van der Waals surface area (Å²) in [6.45, 7) is 0.735. The largest absolute Gasteiger partial charge is 0.374 e. The molecule has 1 aromatic rings. The number of hydrogen-bond donors (Lipinski definition) is 2. The summed E-state index contributed by atoms with van der Waals surface area (Å²) in [5.41, 5.74) is 3.46. The van der Waals surface area contributed by atoms with E-state index in [1.54, 1.807) is 6.07 Å². The van der Waals surface area contributed by atoms with Gasteiger partial charge in [-0.2, -0.15) is 11.8 Å². The summed E-state index contributed by atoms with van der Waals surface area (Å²) in [4.78, 5) is 0. The molecule has 21 heavy (non-hydrogen) atoms. The molecule has 0 saturated carbocycles. The monoisotopic (exact) mass is 374 g/mol. The van der Waals surface area contributed by atoms with Gasteiger partial charge in [0.2, 0.25) is 0 Å². The molecule has 116 valence electrons. The van der Waals surface area contributed by atoms with Gasteiger partial charge in [0.25, 0.3) is 0 Å². The zero-order valence-electron chi connectivity index (χ0n) is 11.8. The van der Waals surface area contributed by atoms with E-state index in [0.29, 0.717) is 16.0 Å². The van der Waals surface area contributed by atoms with Crippen molar-refractivity contribution in [3.05, 3.63) is 34.1 Å². The van der Waals surface area contributed by atoms with E-state index in [9.17, 15) is 4.39 Å². The number of ether oxygens (including phenoxy) is 1. The second kappa shape index (κ2) is 6.54. The van der Waals surface area contributed by atoms with Crippen molar-refractivity contribution in [2.75, 3.05) is 18.1 Å². The third-order valence-corrected chi connectivity index (χ3v) is 6.40. The number of benzene rings is 1. The number of thioether (sulfide) groups is 1. The van der Waals surface area contributed by atoms with E-state index >= 15 is 0 Å². The predicted molar refractivity (Wildman–Crippen MR) is 87.5 cm³/mol. The summed E-state index contributed by atoms with van der Waals surface area (Å²) in [6, 6.07) is 5.21. The fourth-order valence-electron chi connectivity index (χ4n) is 3.45. The molecule has 2 saturated heterocycles. The van der Waals surface area contributed by atoms with Crippen molar-refractivity contribution in [1.82, 2.24) is 5.43 Å². The summed E-state index contributed by atoms with van der Waals surface area (Å²) in [5.74, 6) is 8.04. The first-order valence-corrected chi connectivity index (χ1v) is 9.22. The maximum Gasteiger partial charge on any atom is 0.142 e. The van der Waals surface area contributed by atoms with Gasteiger partial charge in [-0.1, -0.05) is 12.1 Å². The van der Waals surface area contributed by atoms with Crippen molar-refractivity contribution >= 4 is 27.7 Å². The van der Waals surface area contributed by atoms with Gasteiger partial charge in [0.1, 0.15) is 5.82 Å². The van der Waals surface area contributed by atoms with Crippen LogP contribution in [0, 0.1) is 11.7 Å². The van der Waals surface area contributed by atoms with Crippen LogP contribution in [-0.4, -0.2) is 23.7 Å². The molecule has 1 aromatic carbocycles. The van der Waals surface area contributed by atoms with E-state index < -0.39 is 0 Å². The summed E-state index contributed by atoms with van der Waals surface area (Å²) >= 11 is 5.20. The van der Waals surface area contributed by atoms with E-state index in [1.165, 1.54) is 0 Å². The van der Waals surface area contributed by atoms with E-state index in [-0.39, 0.29) is 17.5 Å². The lowest BCUT2D eigenvalue weighted by atomic mass is 9.79. The molecule has 2 fully saturated rings. The lowest BCUT2D eigenvalue weighted by Crippen LogP contribution is -2.45. The highest BCUT2D eigenvalue weighted by Crippen LogP contribution is 2.44. The van der Waals surface area contributed by atoms with Crippen LogP contribution in [0.3, 0.4) is 0 Å². The molecule has 6 heteroatoms. The minimum Gasteiger partial charge on any atom is -0.374 e. The van der Waals surface area contributed by atoms with Gasteiger partial charge >= 0.3 is 0 Å². The van der Waals surface area contributed by atoms with Crippen molar-refractivity contribution < 1.29 is 9.13 Å². The van der Waals surface area contributed by atoms with Gasteiger partial charge in [-0.3, -0.25) is 11.3 Å². The third-order valence-electron chi connectivity index (χ3n) is 4.57. The van der Waals surface area contributed by atoms with Crippen LogP contribution < -0.4 is 11.3 Å². The van der Waals surface area contributed by atoms with Crippen molar-refractivity contribution in [3.63, 3.8) is 0 Å². The molecular formula is C15H20BrFN2OS. The second-order valence-corrected chi connectivity index (χ2v) is 7.83. The molecule has 3 nitrogen and oxygen atoms in total. The second-order valence-electron chi connectivity index (χ2n) is 5.87. The summed E-state index contributed by atoms with van der Waals surface area (Å²) in [5, 5.41) is 0. The topological polar surface area (TPSA) is 47.3 Å². The lowest BCUT2D eigenvalue weighted by molar-refractivity contribution is -0.0856. The number of nitrogens with one attached hydrogen (secondary N) is 1. The van der Waals surface area contributed by atoms with Crippen molar-refractivity contribution in [2.24, 2.45) is 11.8 Å². The Labute approximate surface area is 137 Å². The zero-order valence-corrected chi connectivity index (χ0v) is 14.2. The van der Waals surface area contributed by atoms with Gasteiger partial charge in [-0.25, -0.2) is 4.39 Å². The van der Waals surface area contributed by atoms with Crippen molar-refractivity contribution in [1.29, 1.82) is 0 Å². The van der Waals surface area contributed by atoms with Crippen LogP contribution in [0.5, 0.6) is 0 Å². The number of hydrogen-bond acceptors (Lipinski definition) is 4. The highest BCUT2D eigenvalue weighted by Gasteiger charge is 2.43.